The van der Waals surface area contributed by atoms with Gasteiger partial charge in [0, 0.05) is 12.1 Å². The number of fused-ring (bicyclic) bond motifs is 1. The van der Waals surface area contributed by atoms with E-state index in [9.17, 15) is 13.6 Å². The fourth-order valence-electron chi connectivity index (χ4n) is 2.57. The Bertz CT molecular complexity index is 864. The van der Waals surface area contributed by atoms with Crippen molar-refractivity contribution >= 4 is 11.0 Å². The average molecular weight is 288 g/mol. The number of benzene rings is 2. The second-order valence-corrected chi connectivity index (χ2v) is 4.81. The van der Waals surface area contributed by atoms with Gasteiger partial charge in [-0.25, -0.2) is 13.6 Å². The van der Waals surface area contributed by atoms with Crippen molar-refractivity contribution in [2.45, 2.75) is 20.0 Å². The molecule has 3 rings (SSSR count). The second-order valence-electron chi connectivity index (χ2n) is 4.81. The maximum Gasteiger partial charge on any atom is 0.329 e. The molecule has 0 bridgehead atoms. The number of imidazole rings is 1. The monoisotopic (exact) mass is 288 g/mol. The summed E-state index contributed by atoms with van der Waals surface area (Å²) in [4.78, 5) is 12.4. The molecule has 0 fully saturated rings. The molecule has 3 aromatic rings. The first-order valence-corrected chi connectivity index (χ1v) is 6.74. The summed E-state index contributed by atoms with van der Waals surface area (Å²) in [6.07, 6.45) is 0. The maximum atomic E-state index is 13.8. The predicted molar refractivity (Wildman–Crippen MR) is 77.3 cm³/mol. The van der Waals surface area contributed by atoms with Gasteiger partial charge in [-0.3, -0.25) is 9.13 Å². The van der Waals surface area contributed by atoms with Crippen molar-refractivity contribution in [2.24, 2.45) is 0 Å². The van der Waals surface area contributed by atoms with Crippen LogP contribution in [0.1, 0.15) is 12.5 Å². The van der Waals surface area contributed by atoms with Crippen LogP contribution in [0, 0.1) is 11.6 Å². The fraction of sp³-hybridized carbons (Fsp3) is 0.188. The summed E-state index contributed by atoms with van der Waals surface area (Å²) >= 11 is 0. The summed E-state index contributed by atoms with van der Waals surface area (Å²) in [5, 5.41) is 0. The molecule has 0 saturated heterocycles. The van der Waals surface area contributed by atoms with Gasteiger partial charge >= 0.3 is 5.69 Å². The second kappa shape index (κ2) is 5.16. The van der Waals surface area contributed by atoms with Crippen molar-refractivity contribution in [3.8, 4) is 0 Å². The summed E-state index contributed by atoms with van der Waals surface area (Å²) in [5.41, 5.74) is 1.45. The topological polar surface area (TPSA) is 26.9 Å². The summed E-state index contributed by atoms with van der Waals surface area (Å²) in [7, 11) is 0. The number of aromatic nitrogens is 2. The van der Waals surface area contributed by atoms with Gasteiger partial charge in [-0.2, -0.15) is 0 Å². The molecule has 1 heterocycles. The van der Waals surface area contributed by atoms with Gasteiger partial charge in [-0.15, -0.1) is 0 Å². The van der Waals surface area contributed by atoms with E-state index in [-0.39, 0.29) is 17.8 Å². The highest BCUT2D eigenvalue weighted by molar-refractivity contribution is 5.76. The van der Waals surface area contributed by atoms with Crippen LogP contribution in [0.15, 0.2) is 47.3 Å². The SMILES string of the molecule is CCn1c(=O)n(Cc2cccc(F)c2F)c2ccccc21. The Hall–Kier alpha value is -2.43. The van der Waals surface area contributed by atoms with E-state index in [0.717, 1.165) is 11.6 Å². The normalized spacial score (nSPS) is 11.2. The number of rotatable bonds is 3. The molecular weight excluding hydrogens is 274 g/mol. The molecule has 5 heteroatoms. The molecule has 0 aliphatic rings. The Balaban J connectivity index is 2.19. The number of para-hydroxylation sites is 2. The van der Waals surface area contributed by atoms with Crippen LogP contribution in [0.25, 0.3) is 11.0 Å². The van der Waals surface area contributed by atoms with E-state index in [1.807, 2.05) is 25.1 Å². The number of nitrogens with zero attached hydrogens (tertiary/aromatic N) is 2. The lowest BCUT2D eigenvalue weighted by molar-refractivity contribution is 0.494. The third-order valence-electron chi connectivity index (χ3n) is 3.60. The number of aryl methyl sites for hydroxylation is 1. The number of hydrogen-bond donors (Lipinski definition) is 0. The molecule has 2 aromatic carbocycles. The Morgan fingerprint density at radius 3 is 2.29 bits per heavy atom. The summed E-state index contributed by atoms with van der Waals surface area (Å²) < 4.78 is 30.2. The highest BCUT2D eigenvalue weighted by atomic mass is 19.2. The Labute approximate surface area is 120 Å². The standard InChI is InChI=1S/C16H14F2N2O/c1-2-19-13-8-3-4-9-14(13)20(16(19)21)10-11-6-5-7-12(17)15(11)18/h3-9H,2,10H2,1H3. The molecule has 0 spiro atoms. The van der Waals surface area contributed by atoms with Crippen molar-refractivity contribution in [1.29, 1.82) is 0 Å². The first kappa shape index (κ1) is 13.5. The van der Waals surface area contributed by atoms with Gasteiger partial charge in [0.05, 0.1) is 17.6 Å². The first-order valence-electron chi connectivity index (χ1n) is 6.74. The van der Waals surface area contributed by atoms with Gasteiger partial charge in [0.2, 0.25) is 0 Å². The zero-order valence-electron chi connectivity index (χ0n) is 11.5. The van der Waals surface area contributed by atoms with Gasteiger partial charge in [-0.05, 0) is 25.1 Å². The third kappa shape index (κ3) is 2.14. The zero-order chi connectivity index (χ0) is 15.0. The minimum Gasteiger partial charge on any atom is -0.292 e. The molecule has 0 saturated carbocycles. The van der Waals surface area contributed by atoms with Gasteiger partial charge < -0.3 is 0 Å². The van der Waals surface area contributed by atoms with Gasteiger partial charge in [0.15, 0.2) is 11.6 Å². The van der Waals surface area contributed by atoms with Crippen LogP contribution in [0.4, 0.5) is 8.78 Å². The fourth-order valence-corrected chi connectivity index (χ4v) is 2.57. The molecule has 1 aromatic heterocycles. The predicted octanol–water partition coefficient (Wildman–Crippen LogP) is 3.15. The Kier molecular flexibility index (Phi) is 3.33. The van der Waals surface area contributed by atoms with Gasteiger partial charge in [-0.1, -0.05) is 24.3 Å². The smallest absolute Gasteiger partial charge is 0.292 e. The van der Waals surface area contributed by atoms with E-state index < -0.39 is 11.6 Å². The average Bonchev–Trinajstić information content (AvgIpc) is 2.76. The summed E-state index contributed by atoms with van der Waals surface area (Å²) in [6, 6.07) is 11.3. The van der Waals surface area contributed by atoms with Crippen LogP contribution in [0.5, 0.6) is 0 Å². The largest absolute Gasteiger partial charge is 0.329 e. The summed E-state index contributed by atoms with van der Waals surface area (Å²) in [5.74, 6) is -1.81. The van der Waals surface area contributed by atoms with Crippen LogP contribution >= 0.6 is 0 Å². The highest BCUT2D eigenvalue weighted by Gasteiger charge is 2.14. The van der Waals surface area contributed by atoms with Crippen molar-refractivity contribution < 1.29 is 8.78 Å². The lowest BCUT2D eigenvalue weighted by atomic mass is 10.2. The van der Waals surface area contributed by atoms with E-state index in [4.69, 9.17) is 0 Å². The lowest BCUT2D eigenvalue weighted by Gasteiger charge is -2.05. The zero-order valence-corrected chi connectivity index (χ0v) is 11.5. The Morgan fingerprint density at radius 2 is 1.62 bits per heavy atom. The molecule has 0 N–H and O–H groups in total. The first-order chi connectivity index (χ1) is 10.1. The van der Waals surface area contributed by atoms with E-state index >= 15 is 0 Å². The molecule has 0 atom stereocenters. The summed E-state index contributed by atoms with van der Waals surface area (Å²) in [6.45, 7) is 2.41. The Morgan fingerprint density at radius 1 is 0.952 bits per heavy atom. The van der Waals surface area contributed by atoms with Crippen molar-refractivity contribution in [3.63, 3.8) is 0 Å². The van der Waals surface area contributed by atoms with Crippen molar-refractivity contribution in [3.05, 3.63) is 70.1 Å². The molecular formula is C16H14F2N2O. The minimum absolute atomic E-state index is 0.00986. The molecule has 3 nitrogen and oxygen atoms in total. The molecule has 0 aliphatic carbocycles. The van der Waals surface area contributed by atoms with Crippen LogP contribution in [0.3, 0.4) is 0 Å². The van der Waals surface area contributed by atoms with Gasteiger partial charge in [0.1, 0.15) is 0 Å². The number of hydrogen-bond acceptors (Lipinski definition) is 1. The van der Waals surface area contributed by atoms with Crippen molar-refractivity contribution in [1.82, 2.24) is 9.13 Å². The van der Waals surface area contributed by atoms with Crippen LogP contribution in [0.2, 0.25) is 0 Å². The van der Waals surface area contributed by atoms with E-state index in [1.165, 1.54) is 16.7 Å². The van der Waals surface area contributed by atoms with Crippen LogP contribution in [-0.2, 0) is 13.1 Å². The van der Waals surface area contributed by atoms with Crippen LogP contribution < -0.4 is 5.69 Å². The lowest BCUT2D eigenvalue weighted by Crippen LogP contribution is -2.24. The quantitative estimate of drug-likeness (QED) is 0.727. The molecule has 108 valence electrons. The van der Waals surface area contributed by atoms with E-state index in [0.29, 0.717) is 12.1 Å². The van der Waals surface area contributed by atoms with E-state index in [1.54, 1.807) is 10.6 Å². The molecule has 0 aliphatic heterocycles. The van der Waals surface area contributed by atoms with Crippen molar-refractivity contribution in [2.75, 3.05) is 0 Å². The molecule has 0 amide bonds. The molecule has 0 radical (unpaired) electrons. The molecule has 21 heavy (non-hydrogen) atoms. The van der Waals surface area contributed by atoms with Crippen LogP contribution in [-0.4, -0.2) is 9.13 Å². The third-order valence-corrected chi connectivity index (χ3v) is 3.60. The van der Waals surface area contributed by atoms with E-state index in [2.05, 4.69) is 0 Å². The maximum absolute atomic E-state index is 13.8. The highest BCUT2D eigenvalue weighted by Crippen LogP contribution is 2.17. The minimum atomic E-state index is -0.905. The molecule has 0 unspecified atom stereocenters. The number of halogens is 2. The van der Waals surface area contributed by atoms with Gasteiger partial charge in [0.25, 0.3) is 0 Å².